The van der Waals surface area contributed by atoms with Crippen LogP contribution in [-0.2, 0) is 26.0 Å². The van der Waals surface area contributed by atoms with Crippen LogP contribution < -0.4 is 14.4 Å². The predicted octanol–water partition coefficient (Wildman–Crippen LogP) is 2.93. The van der Waals surface area contributed by atoms with Crippen LogP contribution in [0.15, 0.2) is 48.8 Å². The summed E-state index contributed by atoms with van der Waals surface area (Å²) in [6, 6.07) is 10.5. The number of nitrogens with one attached hydrogen (secondary N) is 1. The van der Waals surface area contributed by atoms with Crippen LogP contribution in [0.4, 0.5) is 5.69 Å². The maximum absolute atomic E-state index is 12.3. The number of hydrogen-bond donors (Lipinski definition) is 1. The van der Waals surface area contributed by atoms with Crippen molar-refractivity contribution in [3.05, 3.63) is 54.4 Å². The maximum Gasteiger partial charge on any atom is 0.324 e. The van der Waals surface area contributed by atoms with E-state index in [1.165, 1.54) is 12.8 Å². The number of benzene rings is 1. The van der Waals surface area contributed by atoms with Crippen molar-refractivity contribution in [2.45, 2.75) is 51.2 Å². The molecule has 1 unspecified atom stereocenters. The Bertz CT molecular complexity index is 975. The number of hydrogen-bond acceptors (Lipinski definition) is 7. The molecule has 1 fully saturated rings. The molecule has 3 rings (SSSR count). The van der Waals surface area contributed by atoms with Crippen molar-refractivity contribution >= 4 is 21.7 Å². The lowest BCUT2D eigenvalue weighted by atomic mass is 10.1. The molecular formula is C24H33N3O5S. The molecule has 33 heavy (non-hydrogen) atoms. The monoisotopic (exact) mass is 475 g/mol. The van der Waals surface area contributed by atoms with E-state index < -0.39 is 22.0 Å². The first-order chi connectivity index (χ1) is 15.9. The Morgan fingerprint density at radius 2 is 1.82 bits per heavy atom. The predicted molar refractivity (Wildman–Crippen MR) is 128 cm³/mol. The van der Waals surface area contributed by atoms with E-state index in [9.17, 15) is 13.2 Å². The van der Waals surface area contributed by atoms with Crippen molar-refractivity contribution in [2.24, 2.45) is 0 Å². The molecule has 0 amide bonds. The highest BCUT2D eigenvalue weighted by Crippen LogP contribution is 2.23. The molecular weight excluding hydrogens is 442 g/mol. The van der Waals surface area contributed by atoms with Crippen LogP contribution in [0.2, 0.25) is 0 Å². The molecule has 1 aliphatic heterocycles. The zero-order chi connectivity index (χ0) is 23.7. The van der Waals surface area contributed by atoms with E-state index in [0.717, 1.165) is 43.7 Å². The lowest BCUT2D eigenvalue weighted by Crippen LogP contribution is -2.43. The van der Waals surface area contributed by atoms with Gasteiger partial charge in [0.15, 0.2) is 0 Å². The quantitative estimate of drug-likeness (QED) is 0.499. The highest BCUT2D eigenvalue weighted by Gasteiger charge is 2.25. The van der Waals surface area contributed by atoms with Crippen molar-refractivity contribution in [1.29, 1.82) is 0 Å². The van der Waals surface area contributed by atoms with E-state index in [1.807, 2.05) is 43.3 Å². The number of unbranched alkanes of at least 4 members (excludes halogenated alkanes) is 1. The molecule has 1 atom stereocenters. The SMILES string of the molecule is CCCCS(=O)(=O)NC(Cc1ccc(OC2CCN(c3ccncc3)CC2)cc1)C(=O)OC. The Morgan fingerprint density at radius 1 is 1.15 bits per heavy atom. The van der Waals surface area contributed by atoms with Gasteiger partial charge in [-0.25, -0.2) is 13.1 Å². The molecule has 0 spiro atoms. The number of carbonyl (C=O) groups is 1. The van der Waals surface area contributed by atoms with E-state index in [4.69, 9.17) is 9.47 Å². The van der Waals surface area contributed by atoms with E-state index in [2.05, 4.69) is 14.6 Å². The van der Waals surface area contributed by atoms with Crippen LogP contribution in [0.1, 0.15) is 38.2 Å². The molecule has 2 aromatic rings. The minimum Gasteiger partial charge on any atom is -0.490 e. The first-order valence-corrected chi connectivity index (χ1v) is 13.0. The van der Waals surface area contributed by atoms with Crippen LogP contribution >= 0.6 is 0 Å². The molecule has 8 nitrogen and oxygen atoms in total. The Morgan fingerprint density at radius 3 is 2.42 bits per heavy atom. The van der Waals surface area contributed by atoms with E-state index in [0.29, 0.717) is 6.42 Å². The second-order valence-corrected chi connectivity index (χ2v) is 10.1. The van der Waals surface area contributed by atoms with Gasteiger partial charge in [0.1, 0.15) is 17.9 Å². The molecule has 9 heteroatoms. The summed E-state index contributed by atoms with van der Waals surface area (Å²) >= 11 is 0. The fraction of sp³-hybridized carbons (Fsp3) is 0.500. The van der Waals surface area contributed by atoms with Crippen LogP contribution in [-0.4, -0.2) is 57.5 Å². The molecule has 0 aliphatic carbocycles. The molecule has 1 saturated heterocycles. The molecule has 180 valence electrons. The van der Waals surface area contributed by atoms with Crippen LogP contribution in [0.5, 0.6) is 5.75 Å². The Balaban J connectivity index is 1.54. The van der Waals surface area contributed by atoms with Gasteiger partial charge in [0, 0.05) is 44.0 Å². The van der Waals surface area contributed by atoms with Crippen molar-refractivity contribution in [2.75, 3.05) is 30.9 Å². The van der Waals surface area contributed by atoms with Crippen molar-refractivity contribution in [1.82, 2.24) is 9.71 Å². The fourth-order valence-electron chi connectivity index (χ4n) is 3.84. The molecule has 1 N–H and O–H groups in total. The molecule has 0 bridgehead atoms. The fourth-order valence-corrected chi connectivity index (χ4v) is 5.24. The van der Waals surface area contributed by atoms with Crippen molar-refractivity contribution in [3.8, 4) is 5.75 Å². The van der Waals surface area contributed by atoms with Gasteiger partial charge in [0.2, 0.25) is 10.0 Å². The summed E-state index contributed by atoms with van der Waals surface area (Å²) in [5.74, 6) is 0.152. The van der Waals surface area contributed by atoms with E-state index >= 15 is 0 Å². The second-order valence-electron chi connectivity index (χ2n) is 8.22. The average Bonchev–Trinajstić information content (AvgIpc) is 2.84. The Hall–Kier alpha value is -2.65. The topological polar surface area (TPSA) is 97.8 Å². The lowest BCUT2D eigenvalue weighted by molar-refractivity contribution is -0.142. The van der Waals surface area contributed by atoms with Crippen LogP contribution in [0, 0.1) is 0 Å². The van der Waals surface area contributed by atoms with Gasteiger partial charge in [-0.3, -0.25) is 9.78 Å². The number of ether oxygens (including phenoxy) is 2. The van der Waals surface area contributed by atoms with Gasteiger partial charge in [-0.15, -0.1) is 0 Å². The third kappa shape index (κ3) is 7.71. The van der Waals surface area contributed by atoms with Gasteiger partial charge in [-0.05, 0) is 42.7 Å². The van der Waals surface area contributed by atoms with Gasteiger partial charge in [0.05, 0.1) is 12.9 Å². The molecule has 1 aliphatic rings. The number of carbonyl (C=O) groups excluding carboxylic acids is 1. The summed E-state index contributed by atoms with van der Waals surface area (Å²) in [6.07, 6.45) is 7.11. The summed E-state index contributed by atoms with van der Waals surface area (Å²) in [5.41, 5.74) is 2.00. The van der Waals surface area contributed by atoms with Crippen LogP contribution in [0.3, 0.4) is 0 Å². The number of aromatic nitrogens is 1. The normalized spacial score (nSPS) is 15.8. The highest BCUT2D eigenvalue weighted by molar-refractivity contribution is 7.89. The number of pyridine rings is 1. The second kappa shape index (κ2) is 12.0. The lowest BCUT2D eigenvalue weighted by Gasteiger charge is -2.33. The molecule has 1 aromatic heterocycles. The zero-order valence-electron chi connectivity index (χ0n) is 19.3. The van der Waals surface area contributed by atoms with Crippen molar-refractivity contribution < 1.29 is 22.7 Å². The first kappa shape index (κ1) is 25.0. The largest absolute Gasteiger partial charge is 0.490 e. The van der Waals surface area contributed by atoms with E-state index in [1.54, 1.807) is 12.4 Å². The Kier molecular flexibility index (Phi) is 9.08. The standard InChI is InChI=1S/C24H33N3O5S/c1-3-4-17-33(29,30)26-23(24(28)31-2)18-19-5-7-21(8-6-19)32-22-11-15-27(16-12-22)20-9-13-25-14-10-20/h5-10,13-14,22-23,26H,3-4,11-12,15-18H2,1-2H3. The number of methoxy groups -OCH3 is 1. The van der Waals surface area contributed by atoms with Gasteiger partial charge in [-0.2, -0.15) is 0 Å². The number of anilines is 1. The molecule has 2 heterocycles. The molecule has 1 aromatic carbocycles. The number of rotatable bonds is 11. The minimum absolute atomic E-state index is 0.0102. The third-order valence-corrected chi connectivity index (χ3v) is 7.18. The minimum atomic E-state index is -3.55. The number of esters is 1. The van der Waals surface area contributed by atoms with Crippen LogP contribution in [0.25, 0.3) is 0 Å². The first-order valence-electron chi connectivity index (χ1n) is 11.4. The Labute approximate surface area is 196 Å². The van der Waals surface area contributed by atoms with Gasteiger partial charge < -0.3 is 14.4 Å². The van der Waals surface area contributed by atoms with E-state index in [-0.39, 0.29) is 18.3 Å². The third-order valence-electron chi connectivity index (χ3n) is 5.71. The van der Waals surface area contributed by atoms with Crippen molar-refractivity contribution in [3.63, 3.8) is 0 Å². The summed E-state index contributed by atoms with van der Waals surface area (Å²) in [6.45, 7) is 3.76. The average molecular weight is 476 g/mol. The summed E-state index contributed by atoms with van der Waals surface area (Å²) in [5, 5.41) is 0. The summed E-state index contributed by atoms with van der Waals surface area (Å²) < 4.78 is 37.9. The van der Waals surface area contributed by atoms with Gasteiger partial charge in [-0.1, -0.05) is 25.5 Å². The number of piperidine rings is 1. The van der Waals surface area contributed by atoms with Gasteiger partial charge in [0.25, 0.3) is 0 Å². The molecule has 0 saturated carbocycles. The van der Waals surface area contributed by atoms with Gasteiger partial charge >= 0.3 is 5.97 Å². The smallest absolute Gasteiger partial charge is 0.324 e. The molecule has 0 radical (unpaired) electrons. The summed E-state index contributed by atoms with van der Waals surface area (Å²) in [4.78, 5) is 18.5. The summed E-state index contributed by atoms with van der Waals surface area (Å²) in [7, 11) is -2.30. The maximum atomic E-state index is 12.3. The zero-order valence-corrected chi connectivity index (χ0v) is 20.1. The number of sulfonamides is 1. The highest BCUT2D eigenvalue weighted by atomic mass is 32.2. The number of nitrogens with zero attached hydrogens (tertiary/aromatic N) is 2.